The Labute approximate surface area is 179 Å². The molecular formula is C25H31N3S. The second-order valence-corrected chi connectivity index (χ2v) is 10.7. The summed E-state index contributed by atoms with van der Waals surface area (Å²) in [7, 11) is 0. The number of hydrogen-bond acceptors (Lipinski definition) is 4. The summed E-state index contributed by atoms with van der Waals surface area (Å²) in [5.41, 5.74) is 6.12. The van der Waals surface area contributed by atoms with Crippen molar-refractivity contribution < 1.29 is 0 Å². The Morgan fingerprint density at radius 3 is 2.66 bits per heavy atom. The standard InChI is InChI=1S/C25H31N3S/c1-17-13-18(7-10-22(17)28-11-5-6-12-28)16-27-24-21(15-26)20-9-8-19(25(2,3)4)14-23(20)29-24/h7,10,13,16,19H,5-6,8-9,11-12,14H2,1-4H3/t19-/m0/s1. The van der Waals surface area contributed by atoms with E-state index in [-0.39, 0.29) is 0 Å². The summed E-state index contributed by atoms with van der Waals surface area (Å²) in [6.07, 6.45) is 7.77. The molecule has 1 aliphatic carbocycles. The first-order valence-electron chi connectivity index (χ1n) is 10.8. The minimum Gasteiger partial charge on any atom is -0.371 e. The highest BCUT2D eigenvalue weighted by atomic mass is 32.1. The Morgan fingerprint density at radius 1 is 1.24 bits per heavy atom. The largest absolute Gasteiger partial charge is 0.371 e. The second-order valence-electron chi connectivity index (χ2n) is 9.60. The fourth-order valence-corrected chi connectivity index (χ4v) is 5.94. The van der Waals surface area contributed by atoms with E-state index in [2.05, 4.69) is 56.9 Å². The molecule has 2 heterocycles. The minimum absolute atomic E-state index is 0.312. The number of nitriles is 1. The Kier molecular flexibility index (Phi) is 5.53. The van der Waals surface area contributed by atoms with Gasteiger partial charge in [0.1, 0.15) is 11.1 Å². The summed E-state index contributed by atoms with van der Waals surface area (Å²) in [5.74, 6) is 0.679. The summed E-state index contributed by atoms with van der Waals surface area (Å²) in [6.45, 7) is 11.5. The van der Waals surface area contributed by atoms with Gasteiger partial charge in [0, 0.05) is 29.9 Å². The van der Waals surface area contributed by atoms with Crippen molar-refractivity contribution in [2.75, 3.05) is 18.0 Å². The van der Waals surface area contributed by atoms with Gasteiger partial charge in [-0.05, 0) is 79.2 Å². The summed E-state index contributed by atoms with van der Waals surface area (Å²) < 4.78 is 0. The number of hydrogen-bond donors (Lipinski definition) is 0. The van der Waals surface area contributed by atoms with Gasteiger partial charge >= 0.3 is 0 Å². The van der Waals surface area contributed by atoms with E-state index < -0.39 is 0 Å². The molecule has 0 unspecified atom stereocenters. The van der Waals surface area contributed by atoms with Crippen molar-refractivity contribution >= 4 is 28.2 Å². The number of benzene rings is 1. The molecule has 1 fully saturated rings. The Hall–Kier alpha value is -2.12. The van der Waals surface area contributed by atoms with Crippen LogP contribution in [0.2, 0.25) is 0 Å². The summed E-state index contributed by atoms with van der Waals surface area (Å²) >= 11 is 1.72. The lowest BCUT2D eigenvalue weighted by atomic mass is 9.72. The van der Waals surface area contributed by atoms with Crippen molar-refractivity contribution in [2.45, 2.75) is 59.8 Å². The third-order valence-electron chi connectivity index (χ3n) is 6.58. The van der Waals surface area contributed by atoms with Gasteiger partial charge in [-0.25, -0.2) is 4.99 Å². The zero-order valence-electron chi connectivity index (χ0n) is 18.1. The highest BCUT2D eigenvalue weighted by molar-refractivity contribution is 7.16. The number of rotatable bonds is 3. The number of aliphatic imine (C=N–C) groups is 1. The van der Waals surface area contributed by atoms with E-state index in [9.17, 15) is 5.26 Å². The van der Waals surface area contributed by atoms with Crippen LogP contribution in [-0.4, -0.2) is 19.3 Å². The van der Waals surface area contributed by atoms with Gasteiger partial charge in [0.05, 0.1) is 5.56 Å². The van der Waals surface area contributed by atoms with Gasteiger partial charge in [0.25, 0.3) is 0 Å². The van der Waals surface area contributed by atoms with E-state index in [1.807, 2.05) is 6.21 Å². The number of fused-ring (bicyclic) bond motifs is 1. The molecule has 4 rings (SSSR count). The van der Waals surface area contributed by atoms with Crippen molar-refractivity contribution in [1.82, 2.24) is 0 Å². The minimum atomic E-state index is 0.312. The van der Waals surface area contributed by atoms with Crippen molar-refractivity contribution in [3.8, 4) is 6.07 Å². The molecule has 0 spiro atoms. The topological polar surface area (TPSA) is 39.4 Å². The van der Waals surface area contributed by atoms with Crippen LogP contribution >= 0.6 is 11.3 Å². The molecule has 152 valence electrons. The molecule has 0 amide bonds. The van der Waals surface area contributed by atoms with Crippen molar-refractivity contribution in [2.24, 2.45) is 16.3 Å². The molecule has 0 radical (unpaired) electrons. The maximum Gasteiger partial charge on any atom is 0.134 e. The molecule has 0 N–H and O–H groups in total. The summed E-state index contributed by atoms with van der Waals surface area (Å²) in [6, 6.07) is 9.03. The van der Waals surface area contributed by atoms with E-state index >= 15 is 0 Å². The lowest BCUT2D eigenvalue weighted by molar-refractivity contribution is 0.218. The lowest BCUT2D eigenvalue weighted by Gasteiger charge is -2.33. The predicted molar refractivity (Wildman–Crippen MR) is 124 cm³/mol. The molecule has 4 heteroatoms. The van der Waals surface area contributed by atoms with Crippen molar-refractivity contribution in [1.29, 1.82) is 5.26 Å². The predicted octanol–water partition coefficient (Wildman–Crippen LogP) is 6.43. The fourth-order valence-electron chi connectivity index (χ4n) is 4.72. The van der Waals surface area contributed by atoms with Crippen LogP contribution in [0.3, 0.4) is 0 Å². The van der Waals surface area contributed by atoms with Crippen LogP contribution in [0.25, 0.3) is 0 Å². The first kappa shape index (κ1) is 20.2. The van der Waals surface area contributed by atoms with Gasteiger partial charge in [-0.2, -0.15) is 5.26 Å². The van der Waals surface area contributed by atoms with Crippen LogP contribution in [0, 0.1) is 29.6 Å². The Balaban J connectivity index is 1.57. The third kappa shape index (κ3) is 4.12. The van der Waals surface area contributed by atoms with Crippen LogP contribution in [0.5, 0.6) is 0 Å². The van der Waals surface area contributed by atoms with Crippen LogP contribution in [-0.2, 0) is 12.8 Å². The van der Waals surface area contributed by atoms with Crippen LogP contribution in [0.15, 0.2) is 23.2 Å². The molecule has 0 saturated carbocycles. The van der Waals surface area contributed by atoms with Crippen molar-refractivity contribution in [3.05, 3.63) is 45.3 Å². The van der Waals surface area contributed by atoms with Crippen molar-refractivity contribution in [3.63, 3.8) is 0 Å². The molecule has 29 heavy (non-hydrogen) atoms. The van der Waals surface area contributed by atoms with Gasteiger partial charge in [0.2, 0.25) is 0 Å². The first-order chi connectivity index (χ1) is 13.9. The van der Waals surface area contributed by atoms with E-state index in [0.29, 0.717) is 11.3 Å². The number of nitrogens with zero attached hydrogens (tertiary/aromatic N) is 3. The average molecular weight is 406 g/mol. The Morgan fingerprint density at radius 2 is 2.00 bits per heavy atom. The summed E-state index contributed by atoms with van der Waals surface area (Å²) in [5, 5.41) is 10.6. The van der Waals surface area contributed by atoms with E-state index in [1.165, 1.54) is 41.0 Å². The molecular weight excluding hydrogens is 374 g/mol. The molecule has 1 saturated heterocycles. The van der Waals surface area contributed by atoms with Gasteiger partial charge < -0.3 is 4.90 Å². The molecule has 0 bridgehead atoms. The monoisotopic (exact) mass is 405 g/mol. The van der Waals surface area contributed by atoms with E-state index in [1.54, 1.807) is 11.3 Å². The van der Waals surface area contributed by atoms with Crippen LogP contribution < -0.4 is 4.90 Å². The molecule has 1 aliphatic heterocycles. The first-order valence-corrected chi connectivity index (χ1v) is 11.6. The normalized spacial score (nSPS) is 19.6. The van der Waals surface area contributed by atoms with Crippen LogP contribution in [0.4, 0.5) is 10.7 Å². The number of anilines is 1. The highest BCUT2D eigenvalue weighted by Gasteiger charge is 2.32. The Bertz CT molecular complexity index is 965. The summed E-state index contributed by atoms with van der Waals surface area (Å²) in [4.78, 5) is 8.62. The fraction of sp³-hybridized carbons (Fsp3) is 0.520. The molecule has 1 aromatic heterocycles. The molecule has 1 aromatic carbocycles. The maximum absolute atomic E-state index is 9.77. The molecule has 2 aliphatic rings. The molecule has 3 nitrogen and oxygen atoms in total. The highest BCUT2D eigenvalue weighted by Crippen LogP contribution is 2.44. The zero-order chi connectivity index (χ0) is 20.6. The van der Waals surface area contributed by atoms with Gasteiger partial charge in [0.15, 0.2) is 0 Å². The average Bonchev–Trinajstić information content (AvgIpc) is 3.32. The third-order valence-corrected chi connectivity index (χ3v) is 7.74. The molecule has 1 atom stereocenters. The number of thiophene rings is 1. The second kappa shape index (κ2) is 7.95. The number of aryl methyl sites for hydroxylation is 1. The van der Waals surface area contributed by atoms with Gasteiger partial charge in [-0.15, -0.1) is 11.3 Å². The quantitative estimate of drug-likeness (QED) is 0.552. The maximum atomic E-state index is 9.77. The zero-order valence-corrected chi connectivity index (χ0v) is 18.9. The SMILES string of the molecule is Cc1cc(C=Nc2sc3c(c2C#N)CC[C@H](C(C)(C)C)C3)ccc1N1CCCC1. The lowest BCUT2D eigenvalue weighted by Crippen LogP contribution is -2.26. The van der Waals surface area contributed by atoms with Gasteiger partial charge in [-0.1, -0.05) is 26.8 Å². The smallest absolute Gasteiger partial charge is 0.134 e. The van der Waals surface area contributed by atoms with E-state index in [0.717, 1.165) is 42.1 Å². The molecule has 2 aromatic rings. The van der Waals surface area contributed by atoms with E-state index in [4.69, 9.17) is 4.99 Å². The van der Waals surface area contributed by atoms with Gasteiger partial charge in [-0.3, -0.25) is 0 Å². The van der Waals surface area contributed by atoms with Crippen LogP contribution in [0.1, 0.15) is 67.2 Å².